The number of halogens is 1. The van der Waals surface area contributed by atoms with Gasteiger partial charge in [0.05, 0.1) is 12.3 Å². The van der Waals surface area contributed by atoms with Crippen molar-refractivity contribution in [2.45, 2.75) is 45.0 Å². The van der Waals surface area contributed by atoms with Crippen molar-refractivity contribution in [2.24, 2.45) is 5.92 Å². The van der Waals surface area contributed by atoms with Gasteiger partial charge in [-0.05, 0) is 42.4 Å². The van der Waals surface area contributed by atoms with Crippen molar-refractivity contribution in [3.63, 3.8) is 0 Å². The summed E-state index contributed by atoms with van der Waals surface area (Å²) < 4.78 is 7.05. The number of carbonyl (C=O) groups is 1. The summed E-state index contributed by atoms with van der Waals surface area (Å²) in [4.78, 5) is 12.3. The van der Waals surface area contributed by atoms with E-state index in [1.54, 1.807) is 4.68 Å². The van der Waals surface area contributed by atoms with Crippen LogP contribution in [0.3, 0.4) is 0 Å². The first kappa shape index (κ1) is 17.2. The summed E-state index contributed by atoms with van der Waals surface area (Å²) in [7, 11) is 0. The number of hydrogen-bond donors (Lipinski definition) is 0. The molecule has 0 aliphatic heterocycles. The van der Waals surface area contributed by atoms with Crippen LogP contribution in [0, 0.1) is 5.92 Å². The minimum atomic E-state index is -0.374. The maximum Gasteiger partial charge on any atom is 0.331 e. The first-order valence-electron chi connectivity index (χ1n) is 8.48. The Morgan fingerprint density at radius 1 is 1.33 bits per heavy atom. The monoisotopic (exact) mass is 390 g/mol. The Hall–Kier alpha value is -1.62. The van der Waals surface area contributed by atoms with Gasteiger partial charge < -0.3 is 4.74 Å². The van der Waals surface area contributed by atoms with Crippen LogP contribution < -0.4 is 0 Å². The first-order chi connectivity index (χ1) is 11.5. The molecule has 0 amide bonds. The standard InChI is InChI=1S/C19H23BrN2O2/c1-4-24-19(23)18(12(2)3)22-11-16-15-7-5-13(10-20)9-14(15)6-8-17(16)21-22/h5,7,9,11-12,18H,4,6,8,10H2,1-3H3. The van der Waals surface area contributed by atoms with Crippen LogP contribution in [0.1, 0.15) is 43.6 Å². The lowest BCUT2D eigenvalue weighted by Gasteiger charge is -2.19. The predicted octanol–water partition coefficient (Wildman–Crippen LogP) is 4.30. The number of fused-ring (bicyclic) bond motifs is 3. The molecule has 5 heteroatoms. The Balaban J connectivity index is 2.00. The maximum absolute atomic E-state index is 12.3. The normalized spacial score (nSPS) is 14.2. The fourth-order valence-corrected chi connectivity index (χ4v) is 3.70. The molecule has 128 valence electrons. The van der Waals surface area contributed by atoms with Crippen LogP contribution in [0.15, 0.2) is 24.4 Å². The molecule has 0 saturated carbocycles. The van der Waals surface area contributed by atoms with E-state index >= 15 is 0 Å². The van der Waals surface area contributed by atoms with Crippen LogP contribution in [-0.4, -0.2) is 22.4 Å². The molecule has 1 aliphatic rings. The van der Waals surface area contributed by atoms with Gasteiger partial charge in [0.25, 0.3) is 0 Å². The zero-order valence-electron chi connectivity index (χ0n) is 14.4. The summed E-state index contributed by atoms with van der Waals surface area (Å²) in [6.45, 7) is 6.28. The largest absolute Gasteiger partial charge is 0.464 e. The van der Waals surface area contributed by atoms with E-state index in [0.29, 0.717) is 6.61 Å². The number of hydrogen-bond acceptors (Lipinski definition) is 3. The summed E-state index contributed by atoms with van der Waals surface area (Å²) in [6, 6.07) is 6.20. The van der Waals surface area contributed by atoms with Crippen molar-refractivity contribution >= 4 is 21.9 Å². The molecule has 24 heavy (non-hydrogen) atoms. The molecule has 2 aromatic rings. The highest BCUT2D eigenvalue weighted by Gasteiger charge is 2.29. The van der Waals surface area contributed by atoms with Gasteiger partial charge >= 0.3 is 5.97 Å². The van der Waals surface area contributed by atoms with Gasteiger partial charge in [-0.3, -0.25) is 4.68 Å². The van der Waals surface area contributed by atoms with Crippen LogP contribution >= 0.6 is 15.9 Å². The zero-order valence-corrected chi connectivity index (χ0v) is 16.0. The van der Waals surface area contributed by atoms with E-state index < -0.39 is 0 Å². The number of aryl methyl sites for hydroxylation is 2. The minimum Gasteiger partial charge on any atom is -0.464 e. The van der Waals surface area contributed by atoms with Crippen molar-refractivity contribution in [3.05, 3.63) is 41.2 Å². The molecule has 1 aromatic heterocycles. The lowest BCUT2D eigenvalue weighted by molar-refractivity contribution is -0.149. The third-order valence-corrected chi connectivity index (χ3v) is 5.15. The van der Waals surface area contributed by atoms with E-state index in [4.69, 9.17) is 9.84 Å². The molecule has 3 rings (SSSR count). The van der Waals surface area contributed by atoms with Crippen LogP contribution in [0.2, 0.25) is 0 Å². The SMILES string of the molecule is CCOC(=O)C(C(C)C)n1cc2c(n1)CCc1cc(CBr)ccc1-2. The van der Waals surface area contributed by atoms with Crippen molar-refractivity contribution in [2.75, 3.05) is 6.61 Å². The van der Waals surface area contributed by atoms with Crippen LogP contribution in [-0.2, 0) is 27.7 Å². The Labute approximate surface area is 151 Å². The third-order valence-electron chi connectivity index (χ3n) is 4.50. The lowest BCUT2D eigenvalue weighted by atomic mass is 9.89. The second kappa shape index (κ2) is 7.09. The number of rotatable bonds is 5. The van der Waals surface area contributed by atoms with Crippen molar-refractivity contribution in [1.29, 1.82) is 0 Å². The Morgan fingerprint density at radius 3 is 2.79 bits per heavy atom. The number of carbonyl (C=O) groups excluding carboxylic acids is 1. The molecule has 1 aromatic carbocycles. The van der Waals surface area contributed by atoms with E-state index in [-0.39, 0.29) is 17.9 Å². The Kier molecular flexibility index (Phi) is 5.09. The van der Waals surface area contributed by atoms with Crippen molar-refractivity contribution in [1.82, 2.24) is 9.78 Å². The third kappa shape index (κ3) is 3.14. The van der Waals surface area contributed by atoms with Crippen molar-refractivity contribution in [3.8, 4) is 11.1 Å². The second-order valence-corrected chi connectivity index (χ2v) is 7.10. The van der Waals surface area contributed by atoms with Gasteiger partial charge in [0.2, 0.25) is 0 Å². The highest BCUT2D eigenvalue weighted by Crippen LogP contribution is 2.35. The summed E-state index contributed by atoms with van der Waals surface area (Å²) in [6.07, 6.45) is 3.92. The van der Waals surface area contributed by atoms with Gasteiger partial charge in [-0.2, -0.15) is 5.10 Å². The van der Waals surface area contributed by atoms with Crippen molar-refractivity contribution < 1.29 is 9.53 Å². The molecule has 1 aliphatic carbocycles. The highest BCUT2D eigenvalue weighted by atomic mass is 79.9. The number of benzene rings is 1. The lowest BCUT2D eigenvalue weighted by Crippen LogP contribution is -2.27. The molecule has 1 heterocycles. The van der Waals surface area contributed by atoms with Crippen LogP contribution in [0.4, 0.5) is 0 Å². The number of nitrogens with zero attached hydrogens (tertiary/aromatic N) is 2. The highest BCUT2D eigenvalue weighted by molar-refractivity contribution is 9.08. The topological polar surface area (TPSA) is 44.1 Å². The predicted molar refractivity (Wildman–Crippen MR) is 98.2 cm³/mol. The van der Waals surface area contributed by atoms with Gasteiger partial charge in [0, 0.05) is 17.1 Å². The van der Waals surface area contributed by atoms with E-state index in [1.807, 2.05) is 27.0 Å². The Bertz CT molecular complexity index is 752. The molecule has 0 fully saturated rings. The number of ether oxygens (including phenoxy) is 1. The van der Waals surface area contributed by atoms with Gasteiger partial charge in [-0.25, -0.2) is 4.79 Å². The fraction of sp³-hybridized carbons (Fsp3) is 0.474. The molecule has 1 unspecified atom stereocenters. The van der Waals surface area contributed by atoms with E-state index in [2.05, 4.69) is 34.1 Å². The number of alkyl halides is 1. The quantitative estimate of drug-likeness (QED) is 0.564. The average molecular weight is 391 g/mol. The summed E-state index contributed by atoms with van der Waals surface area (Å²) in [5.74, 6) is -0.0807. The molecular formula is C19H23BrN2O2. The van der Waals surface area contributed by atoms with Gasteiger partial charge in [0.1, 0.15) is 0 Å². The van der Waals surface area contributed by atoms with Gasteiger partial charge in [-0.15, -0.1) is 0 Å². The second-order valence-electron chi connectivity index (χ2n) is 6.54. The van der Waals surface area contributed by atoms with Crippen LogP contribution in [0.25, 0.3) is 11.1 Å². The van der Waals surface area contributed by atoms with E-state index in [0.717, 1.165) is 29.4 Å². The zero-order chi connectivity index (χ0) is 17.3. The molecule has 0 saturated heterocycles. The van der Waals surface area contributed by atoms with E-state index in [1.165, 1.54) is 16.7 Å². The first-order valence-corrected chi connectivity index (χ1v) is 9.60. The number of esters is 1. The summed E-state index contributed by atoms with van der Waals surface area (Å²) in [5, 5.41) is 5.59. The molecular weight excluding hydrogens is 368 g/mol. The summed E-state index contributed by atoms with van der Waals surface area (Å²) >= 11 is 3.52. The van der Waals surface area contributed by atoms with Gasteiger partial charge in [0.15, 0.2) is 6.04 Å². The smallest absolute Gasteiger partial charge is 0.331 e. The van der Waals surface area contributed by atoms with E-state index in [9.17, 15) is 4.79 Å². The fourth-order valence-electron chi connectivity index (χ4n) is 3.35. The molecule has 0 bridgehead atoms. The molecule has 0 radical (unpaired) electrons. The number of aromatic nitrogens is 2. The molecule has 4 nitrogen and oxygen atoms in total. The minimum absolute atomic E-state index is 0.126. The van der Waals surface area contributed by atoms with Crippen LogP contribution in [0.5, 0.6) is 0 Å². The average Bonchev–Trinajstić information content (AvgIpc) is 2.98. The maximum atomic E-state index is 12.3. The summed E-state index contributed by atoms with van der Waals surface area (Å²) in [5.41, 5.74) is 6.10. The van der Waals surface area contributed by atoms with Gasteiger partial charge in [-0.1, -0.05) is 48.0 Å². The Morgan fingerprint density at radius 2 is 2.12 bits per heavy atom. The molecule has 1 atom stereocenters. The molecule has 0 spiro atoms. The molecule has 0 N–H and O–H groups in total.